The summed E-state index contributed by atoms with van der Waals surface area (Å²) in [6.45, 7) is 39.9. The zero-order valence-corrected chi connectivity index (χ0v) is 90.0. The van der Waals surface area contributed by atoms with E-state index in [2.05, 4.69) is 131 Å². The summed E-state index contributed by atoms with van der Waals surface area (Å²) in [6, 6.07) is 0.204. The minimum Gasteiger partial charge on any atom is -0.462 e. The van der Waals surface area contributed by atoms with Gasteiger partial charge in [-0.15, -0.1) is 0 Å². The van der Waals surface area contributed by atoms with E-state index in [1.54, 1.807) is 0 Å². The van der Waals surface area contributed by atoms with Gasteiger partial charge in [0.25, 0.3) is 0 Å². The predicted octanol–water partition coefficient (Wildman–Crippen LogP) is 34.3. The molecule has 2 unspecified atom stereocenters. The summed E-state index contributed by atoms with van der Waals surface area (Å²) in [5.74, 6) is -0.311. The second-order valence-electron chi connectivity index (χ2n) is 43.2. The molecule has 770 valence electrons. The molecule has 0 rings (SSSR count). The first-order chi connectivity index (χ1) is 62.9. The largest absolute Gasteiger partial charge is 0.462 e. The number of carbonyl (C=O) groups is 6. The number of nitrogens with zero attached hydrogens (tertiary/aromatic N) is 2. The first-order valence-corrected chi connectivity index (χ1v) is 57.7. The molecule has 0 saturated carbocycles. The summed E-state index contributed by atoms with van der Waals surface area (Å²) >= 11 is 0. The van der Waals surface area contributed by atoms with Crippen molar-refractivity contribution in [2.75, 3.05) is 39.3 Å². The van der Waals surface area contributed by atoms with Gasteiger partial charge in [-0.1, -0.05) is 389 Å². The van der Waals surface area contributed by atoms with Crippen molar-refractivity contribution in [3.05, 3.63) is 0 Å². The second kappa shape index (κ2) is 89.6. The molecule has 2 atom stereocenters. The number of ether oxygens (including phenoxy) is 4. The normalized spacial score (nSPS) is 12.7. The molecule has 0 aliphatic rings. The van der Waals surface area contributed by atoms with E-state index < -0.39 is 16.2 Å². The molecule has 0 aromatic heterocycles. The summed E-state index contributed by atoms with van der Waals surface area (Å²) in [6.07, 6.45) is 88.3. The molecule has 0 fully saturated rings. The maximum absolute atomic E-state index is 14.0. The molecule has 0 bridgehead atoms. The zero-order valence-electron chi connectivity index (χ0n) is 90.0. The van der Waals surface area contributed by atoms with Crippen LogP contribution in [0.4, 0.5) is 0 Å². The molecular formula is C116H226N4O10. The van der Waals surface area contributed by atoms with Crippen molar-refractivity contribution in [2.24, 2.45) is 16.2 Å². The van der Waals surface area contributed by atoms with Crippen LogP contribution in [-0.4, -0.2) is 121 Å². The molecule has 14 nitrogen and oxygen atoms in total. The maximum Gasteiger partial charge on any atom is 0.311 e. The molecule has 130 heavy (non-hydrogen) atoms. The van der Waals surface area contributed by atoms with Gasteiger partial charge in [0, 0.05) is 44.4 Å². The molecule has 2 amide bonds. The van der Waals surface area contributed by atoms with Crippen molar-refractivity contribution in [1.82, 2.24) is 20.4 Å². The van der Waals surface area contributed by atoms with Gasteiger partial charge in [-0.05, 0) is 236 Å². The molecule has 0 aromatic rings. The fourth-order valence-corrected chi connectivity index (χ4v) is 18.9. The lowest BCUT2D eigenvalue weighted by Crippen LogP contribution is -2.44. The lowest BCUT2D eigenvalue weighted by molar-refractivity contribution is -0.161. The highest BCUT2D eigenvalue weighted by Crippen LogP contribution is 2.33. The van der Waals surface area contributed by atoms with Gasteiger partial charge < -0.3 is 29.6 Å². The SMILES string of the molecule is CCCCCCCCC(CCCCCCCC)OC(=O)CCCCCCCN(CCCCCCC(C)(C)C(=O)OC(CCCCCCCC)CCCCCCCC)C(C)CNC(=O)CCC(=O)NCC(C)N(CCCCCCC(C)(C)C(=O)OC(CCCCCCCC)CCCCCCCC)CCCCCCC(C)(C)C(=O)OC(CCCCCCCC)CCCCCCCC. The van der Waals surface area contributed by atoms with Gasteiger partial charge in [-0.25, -0.2) is 0 Å². The topological polar surface area (TPSA) is 170 Å². The first kappa shape index (κ1) is 127. The Labute approximate surface area is 809 Å². The highest BCUT2D eigenvalue weighted by Gasteiger charge is 2.34. The Morgan fingerprint density at radius 1 is 0.223 bits per heavy atom. The molecule has 0 saturated heterocycles. The van der Waals surface area contributed by atoms with Crippen LogP contribution >= 0.6 is 0 Å². The summed E-state index contributed by atoms with van der Waals surface area (Å²) in [5, 5.41) is 6.50. The van der Waals surface area contributed by atoms with Crippen LogP contribution in [0.25, 0.3) is 0 Å². The highest BCUT2D eigenvalue weighted by molar-refractivity contribution is 5.83. The molecule has 0 heterocycles. The lowest BCUT2D eigenvalue weighted by atomic mass is 9.86. The lowest BCUT2D eigenvalue weighted by Gasteiger charge is -2.30. The number of hydrogen-bond acceptors (Lipinski definition) is 12. The van der Waals surface area contributed by atoms with Crippen LogP contribution in [0.3, 0.4) is 0 Å². The quantitative estimate of drug-likeness (QED) is 0.0336. The molecule has 2 N–H and O–H groups in total. The van der Waals surface area contributed by atoms with Gasteiger partial charge in [0.15, 0.2) is 0 Å². The number of esters is 4. The second-order valence-corrected chi connectivity index (χ2v) is 43.2. The van der Waals surface area contributed by atoms with Crippen LogP contribution in [-0.2, 0) is 47.7 Å². The van der Waals surface area contributed by atoms with Gasteiger partial charge >= 0.3 is 23.9 Å². The van der Waals surface area contributed by atoms with E-state index in [0.717, 1.165) is 257 Å². The van der Waals surface area contributed by atoms with Crippen LogP contribution in [0.5, 0.6) is 0 Å². The summed E-state index contributed by atoms with van der Waals surface area (Å²) in [7, 11) is 0. The molecule has 0 aliphatic carbocycles. The maximum atomic E-state index is 14.0. The van der Waals surface area contributed by atoms with Gasteiger partial charge in [-0.2, -0.15) is 0 Å². The molecule has 0 radical (unpaired) electrons. The third kappa shape index (κ3) is 76.8. The van der Waals surface area contributed by atoms with Crippen molar-refractivity contribution in [3.63, 3.8) is 0 Å². The Hall–Kier alpha value is -3.26. The summed E-state index contributed by atoms with van der Waals surface area (Å²) < 4.78 is 25.5. The van der Waals surface area contributed by atoms with E-state index in [4.69, 9.17) is 18.9 Å². The Bertz CT molecular complexity index is 2400. The minimum absolute atomic E-state index is 0.0133. The first-order valence-electron chi connectivity index (χ1n) is 57.7. The zero-order chi connectivity index (χ0) is 95.9. The van der Waals surface area contributed by atoms with Crippen molar-refractivity contribution in [3.8, 4) is 0 Å². The molecule has 14 heteroatoms. The van der Waals surface area contributed by atoms with E-state index >= 15 is 0 Å². The van der Waals surface area contributed by atoms with Gasteiger partial charge in [0.1, 0.15) is 24.4 Å². The van der Waals surface area contributed by atoms with Crippen molar-refractivity contribution >= 4 is 35.7 Å². The van der Waals surface area contributed by atoms with E-state index in [1.807, 2.05) is 0 Å². The predicted molar refractivity (Wildman–Crippen MR) is 559 cm³/mol. The molecule has 0 aliphatic heterocycles. The number of carbonyl (C=O) groups excluding carboxylic acids is 6. The van der Waals surface area contributed by atoms with Crippen LogP contribution < -0.4 is 10.6 Å². The van der Waals surface area contributed by atoms with Crippen molar-refractivity contribution in [2.45, 2.75) is 655 Å². The minimum atomic E-state index is -0.532. The fourth-order valence-electron chi connectivity index (χ4n) is 18.9. The highest BCUT2D eigenvalue weighted by atomic mass is 16.6. The number of hydrogen-bond donors (Lipinski definition) is 2. The van der Waals surface area contributed by atoms with Crippen molar-refractivity contribution in [1.29, 1.82) is 0 Å². The summed E-state index contributed by atoms with van der Waals surface area (Å²) in [4.78, 5) is 87.9. The van der Waals surface area contributed by atoms with Gasteiger partial charge in [0.2, 0.25) is 11.8 Å². The van der Waals surface area contributed by atoms with Gasteiger partial charge in [-0.3, -0.25) is 38.6 Å². The average Bonchev–Trinajstić information content (AvgIpc) is 0.879. The van der Waals surface area contributed by atoms with Crippen LogP contribution in [0.2, 0.25) is 0 Å². The van der Waals surface area contributed by atoms with Crippen LogP contribution in [0.1, 0.15) is 618 Å². The standard InChI is InChI=1S/C116H226N4O10/c1-17-25-33-41-50-66-82-104(83-67-51-42-34-26-18-2)127-110(123)90-74-58-49-62-78-96-119(97-79-63-59-75-93-114(11,12)111(124)128-105(84-68-52-43-35-27-19-3)85-69-53-44-36-28-20-4)102(9)100-117-108(121)91-92-109(122)118-101-103(10)120(98-80-64-60-76-94-115(13,14)112(125)129-106(86-70-54-45-37-29-21-5)87-71-55-46-38-30-22-6)99-81-65-61-77-95-116(15,16)113(126)130-107(88-72-56-47-39-31-23-7)89-73-57-48-40-32-24-8/h102-107H,17-101H2,1-16H3,(H,117,121)(H,118,122). The Balaban J connectivity index is 6.28. The van der Waals surface area contributed by atoms with E-state index in [0.29, 0.717) is 19.5 Å². The molecule has 0 aromatic carbocycles. The van der Waals surface area contributed by atoms with Crippen molar-refractivity contribution < 1.29 is 47.7 Å². The summed E-state index contributed by atoms with van der Waals surface area (Å²) in [5.41, 5.74) is -1.59. The Morgan fingerprint density at radius 2 is 0.400 bits per heavy atom. The third-order valence-electron chi connectivity index (χ3n) is 28.6. The van der Waals surface area contributed by atoms with E-state index in [9.17, 15) is 28.8 Å². The van der Waals surface area contributed by atoms with E-state index in [-0.39, 0.29) is 85.0 Å². The van der Waals surface area contributed by atoms with E-state index in [1.165, 1.54) is 257 Å². The molecular weight excluding hydrogens is 1610 g/mol. The fraction of sp³-hybridized carbons (Fsp3) is 0.948. The number of nitrogens with one attached hydrogen (secondary N) is 2. The number of unbranched alkanes of at least 4 members (excludes halogenated alkanes) is 53. The van der Waals surface area contributed by atoms with Crippen LogP contribution in [0, 0.1) is 16.2 Å². The Morgan fingerprint density at radius 3 is 0.615 bits per heavy atom. The van der Waals surface area contributed by atoms with Gasteiger partial charge in [0.05, 0.1) is 16.2 Å². The average molecular weight is 1840 g/mol. The Kier molecular flexibility index (Phi) is 87.4. The third-order valence-corrected chi connectivity index (χ3v) is 28.6. The monoisotopic (exact) mass is 1840 g/mol. The number of rotatable bonds is 101. The van der Waals surface area contributed by atoms with Crippen LogP contribution in [0.15, 0.2) is 0 Å². The molecule has 0 spiro atoms. The number of amides is 2. The smallest absolute Gasteiger partial charge is 0.311 e.